The quantitative estimate of drug-likeness (QED) is 0.201. The molecule has 0 bridgehead atoms. The van der Waals surface area contributed by atoms with Crippen molar-refractivity contribution in [3.05, 3.63) is 99.2 Å². The van der Waals surface area contributed by atoms with Crippen LogP contribution >= 0.6 is 0 Å². The lowest BCUT2D eigenvalue weighted by atomic mass is 9.97. The molecule has 0 aliphatic rings. The number of aromatic amines is 3. The van der Waals surface area contributed by atoms with Crippen molar-refractivity contribution in [2.75, 3.05) is 14.2 Å². The van der Waals surface area contributed by atoms with Crippen LogP contribution in [0.3, 0.4) is 0 Å². The summed E-state index contributed by atoms with van der Waals surface area (Å²) in [7, 11) is 2.82. The van der Waals surface area contributed by atoms with Gasteiger partial charge in [0.25, 0.3) is 0 Å². The van der Waals surface area contributed by atoms with Crippen LogP contribution in [0.15, 0.2) is 37.3 Å². The molecular formula is C32H40N4O4. The highest BCUT2D eigenvalue weighted by molar-refractivity contribution is 5.80. The van der Waals surface area contributed by atoms with Gasteiger partial charge in [-0.15, -0.1) is 0 Å². The maximum absolute atomic E-state index is 12.1. The molecule has 0 fully saturated rings. The van der Waals surface area contributed by atoms with E-state index in [1.807, 2.05) is 25.3 Å². The van der Waals surface area contributed by atoms with Gasteiger partial charge in [0, 0.05) is 60.5 Å². The molecule has 4 heterocycles. The molecule has 0 aliphatic carbocycles. The number of nitrogens with zero attached hydrogens (tertiary/aromatic N) is 1. The molecule has 0 aliphatic heterocycles. The number of carbonyl (C=O) groups excluding carboxylic acids is 2. The smallest absolute Gasteiger partial charge is 0.305 e. The second-order valence-electron chi connectivity index (χ2n) is 10.4. The van der Waals surface area contributed by atoms with E-state index in [4.69, 9.17) is 9.47 Å². The van der Waals surface area contributed by atoms with Gasteiger partial charge in [-0.3, -0.25) is 9.59 Å². The second-order valence-corrected chi connectivity index (χ2v) is 10.4. The normalized spacial score (nSPS) is 11.2. The Balaban J connectivity index is 1.69. The number of ether oxygens (including phenoxy) is 2. The van der Waals surface area contributed by atoms with Crippen LogP contribution in [0.4, 0.5) is 0 Å². The first-order valence-electron chi connectivity index (χ1n) is 13.6. The number of aryl methyl sites for hydroxylation is 1. The molecule has 0 aromatic carbocycles. The summed E-state index contributed by atoms with van der Waals surface area (Å²) < 4.78 is 11.9. The Morgan fingerprint density at radius 1 is 0.800 bits per heavy atom. The van der Waals surface area contributed by atoms with Gasteiger partial charge >= 0.3 is 11.9 Å². The van der Waals surface area contributed by atoms with Gasteiger partial charge in [0.1, 0.15) is 0 Å². The molecule has 0 radical (unpaired) electrons. The van der Waals surface area contributed by atoms with Crippen molar-refractivity contribution in [3.63, 3.8) is 0 Å². The fourth-order valence-corrected chi connectivity index (χ4v) is 5.43. The number of rotatable bonds is 12. The third-order valence-electron chi connectivity index (χ3n) is 8.01. The summed E-state index contributed by atoms with van der Waals surface area (Å²) in [5.74, 6) is -0.473. The molecule has 0 saturated carbocycles. The molecule has 0 atom stereocenters. The number of hydrogen-bond donors (Lipinski definition) is 3. The van der Waals surface area contributed by atoms with Crippen molar-refractivity contribution in [1.82, 2.24) is 19.5 Å². The number of aromatic nitrogens is 4. The van der Waals surface area contributed by atoms with Crippen molar-refractivity contribution >= 4 is 17.5 Å². The van der Waals surface area contributed by atoms with E-state index in [9.17, 15) is 9.59 Å². The van der Waals surface area contributed by atoms with E-state index < -0.39 is 0 Å². The van der Waals surface area contributed by atoms with E-state index in [1.54, 1.807) is 0 Å². The van der Waals surface area contributed by atoms with Gasteiger partial charge in [0.15, 0.2) is 0 Å². The molecule has 0 unspecified atom stereocenters. The van der Waals surface area contributed by atoms with Crippen LogP contribution in [0.2, 0.25) is 0 Å². The fourth-order valence-electron chi connectivity index (χ4n) is 5.43. The van der Waals surface area contributed by atoms with Crippen molar-refractivity contribution in [3.8, 4) is 0 Å². The van der Waals surface area contributed by atoms with Gasteiger partial charge in [0.2, 0.25) is 0 Å². The Labute approximate surface area is 235 Å². The van der Waals surface area contributed by atoms with Crippen molar-refractivity contribution in [1.29, 1.82) is 0 Å². The number of carbonyl (C=O) groups is 2. The minimum Gasteiger partial charge on any atom is -0.469 e. The number of methoxy groups -OCH3 is 2. The number of H-pyrrole nitrogens is 3. The molecular weight excluding hydrogens is 504 g/mol. The summed E-state index contributed by atoms with van der Waals surface area (Å²) >= 11 is 0. The van der Waals surface area contributed by atoms with E-state index >= 15 is 0 Å². The summed E-state index contributed by atoms with van der Waals surface area (Å²) in [6.07, 6.45) is 8.45. The first-order chi connectivity index (χ1) is 19.1. The van der Waals surface area contributed by atoms with Crippen LogP contribution in [0.1, 0.15) is 74.7 Å². The molecule has 0 amide bonds. The zero-order valence-electron chi connectivity index (χ0n) is 24.4. The van der Waals surface area contributed by atoms with Gasteiger partial charge in [-0.05, 0) is 86.1 Å². The standard InChI is InChI=1S/C32H40N4O4/c1-19-17-33-26(24(19)10-12-29(37)39-6)16-27-25(11-13-30(38)40-7)22(4)32(34-27)23(5)31-21(3)20(2)28(35-31)18-36-14-8-9-15-36/h8-9,14-15,17,33-35H,5,10-13,16,18H2,1-4,6-7H3. The summed E-state index contributed by atoms with van der Waals surface area (Å²) in [5.41, 5.74) is 12.8. The largest absolute Gasteiger partial charge is 0.469 e. The van der Waals surface area contributed by atoms with Gasteiger partial charge in [-0.1, -0.05) is 6.58 Å². The average molecular weight is 545 g/mol. The Morgan fingerprint density at radius 3 is 2.00 bits per heavy atom. The van der Waals surface area contributed by atoms with E-state index in [0.717, 1.165) is 62.8 Å². The Hall–Kier alpha value is -4.20. The Morgan fingerprint density at radius 2 is 1.38 bits per heavy atom. The van der Waals surface area contributed by atoms with Crippen LogP contribution in [0.25, 0.3) is 5.57 Å². The maximum atomic E-state index is 12.1. The molecule has 4 aromatic rings. The minimum absolute atomic E-state index is 0.229. The van der Waals surface area contributed by atoms with Crippen molar-refractivity contribution < 1.29 is 19.1 Å². The Kier molecular flexibility index (Phi) is 8.87. The van der Waals surface area contributed by atoms with Gasteiger partial charge in [0.05, 0.1) is 32.2 Å². The molecule has 4 rings (SSSR count). The van der Waals surface area contributed by atoms with Crippen molar-refractivity contribution in [2.45, 2.75) is 66.3 Å². The van der Waals surface area contributed by atoms with Crippen LogP contribution in [0.5, 0.6) is 0 Å². The lowest BCUT2D eigenvalue weighted by Crippen LogP contribution is -2.06. The highest BCUT2D eigenvalue weighted by Crippen LogP contribution is 2.33. The summed E-state index contributed by atoms with van der Waals surface area (Å²) in [4.78, 5) is 34.6. The van der Waals surface area contributed by atoms with E-state index in [1.165, 1.54) is 25.3 Å². The molecule has 40 heavy (non-hydrogen) atoms. The predicted octanol–water partition coefficient (Wildman–Crippen LogP) is 5.62. The number of esters is 2. The first-order valence-corrected chi connectivity index (χ1v) is 13.6. The summed E-state index contributed by atoms with van der Waals surface area (Å²) in [5, 5.41) is 0. The molecule has 4 aromatic heterocycles. The molecule has 8 nitrogen and oxygen atoms in total. The fraction of sp³-hybridized carbons (Fsp3) is 0.375. The van der Waals surface area contributed by atoms with Crippen LogP contribution in [-0.4, -0.2) is 45.7 Å². The van der Waals surface area contributed by atoms with Gasteiger partial charge < -0.3 is 29.0 Å². The van der Waals surface area contributed by atoms with Crippen molar-refractivity contribution in [2.24, 2.45) is 0 Å². The highest BCUT2D eigenvalue weighted by atomic mass is 16.5. The van der Waals surface area contributed by atoms with Crippen LogP contribution < -0.4 is 0 Å². The van der Waals surface area contributed by atoms with Crippen LogP contribution in [-0.2, 0) is 44.9 Å². The first kappa shape index (κ1) is 28.8. The van der Waals surface area contributed by atoms with Gasteiger partial charge in [-0.2, -0.15) is 0 Å². The zero-order chi connectivity index (χ0) is 29.0. The zero-order valence-corrected chi connectivity index (χ0v) is 24.4. The van der Waals surface area contributed by atoms with E-state index in [0.29, 0.717) is 25.7 Å². The minimum atomic E-state index is -0.244. The summed E-state index contributed by atoms with van der Waals surface area (Å²) in [6, 6.07) is 4.05. The third-order valence-corrected chi connectivity index (χ3v) is 8.01. The van der Waals surface area contributed by atoms with E-state index in [2.05, 4.69) is 59.3 Å². The Bertz CT molecular complexity index is 1510. The molecule has 3 N–H and O–H groups in total. The van der Waals surface area contributed by atoms with Gasteiger partial charge in [-0.25, -0.2) is 0 Å². The molecule has 8 heteroatoms. The molecule has 0 saturated heterocycles. The number of nitrogens with one attached hydrogen (secondary N) is 3. The summed E-state index contributed by atoms with van der Waals surface area (Å²) in [6.45, 7) is 13.6. The predicted molar refractivity (Wildman–Crippen MR) is 156 cm³/mol. The lowest BCUT2D eigenvalue weighted by molar-refractivity contribution is -0.141. The topological polar surface area (TPSA) is 105 Å². The maximum Gasteiger partial charge on any atom is 0.305 e. The molecule has 212 valence electrons. The SMILES string of the molecule is C=C(c1[nH]c(Cn2cccc2)c(C)c1C)c1[nH]c(Cc2[nH]cc(C)c2CCC(=O)OC)c(CCC(=O)OC)c1C. The molecule has 0 spiro atoms. The lowest BCUT2D eigenvalue weighted by Gasteiger charge is -2.08. The number of hydrogen-bond acceptors (Lipinski definition) is 4. The highest BCUT2D eigenvalue weighted by Gasteiger charge is 2.22. The monoisotopic (exact) mass is 544 g/mol. The van der Waals surface area contributed by atoms with E-state index in [-0.39, 0.29) is 18.4 Å². The third kappa shape index (κ3) is 6.01. The average Bonchev–Trinajstić information content (AvgIpc) is 3.71. The van der Waals surface area contributed by atoms with Crippen LogP contribution in [0, 0.1) is 27.7 Å². The second kappa shape index (κ2) is 12.3.